The Morgan fingerprint density at radius 1 is 1.04 bits per heavy atom. The van der Waals surface area contributed by atoms with Gasteiger partial charge in [0.15, 0.2) is 11.6 Å². The van der Waals surface area contributed by atoms with E-state index in [1.165, 1.54) is 0 Å². The van der Waals surface area contributed by atoms with E-state index in [1.807, 2.05) is 22.9 Å². The fourth-order valence-electron chi connectivity index (χ4n) is 3.38. The molecule has 0 spiro atoms. The van der Waals surface area contributed by atoms with Gasteiger partial charge in [-0.3, -0.25) is 0 Å². The van der Waals surface area contributed by atoms with E-state index in [2.05, 4.69) is 54.2 Å². The van der Waals surface area contributed by atoms with Crippen LogP contribution in [0, 0.1) is 5.92 Å². The lowest BCUT2D eigenvalue weighted by molar-refractivity contribution is 0.522. The van der Waals surface area contributed by atoms with Crippen LogP contribution in [-0.4, -0.2) is 41.5 Å². The van der Waals surface area contributed by atoms with Crippen molar-refractivity contribution in [1.82, 2.24) is 35.0 Å². The van der Waals surface area contributed by atoms with Gasteiger partial charge in [0.1, 0.15) is 0 Å². The fraction of sp³-hybridized carbons (Fsp3) is 0.438. The number of tetrazole rings is 1. The lowest BCUT2D eigenvalue weighted by atomic mass is 10.2. The molecule has 8 nitrogen and oxygen atoms in total. The van der Waals surface area contributed by atoms with Gasteiger partial charge >= 0.3 is 0 Å². The second-order valence-corrected chi connectivity index (χ2v) is 6.58. The molecule has 0 amide bonds. The Hall–Kier alpha value is -2.77. The van der Waals surface area contributed by atoms with Crippen molar-refractivity contribution in [2.24, 2.45) is 5.92 Å². The molecule has 1 fully saturated rings. The second kappa shape index (κ2) is 5.12. The van der Waals surface area contributed by atoms with E-state index in [0.717, 1.165) is 42.7 Å². The van der Waals surface area contributed by atoms with Crippen molar-refractivity contribution in [1.29, 1.82) is 0 Å². The van der Waals surface area contributed by atoms with Crippen molar-refractivity contribution in [3.05, 3.63) is 36.2 Å². The highest BCUT2D eigenvalue weighted by molar-refractivity contribution is 5.55. The van der Waals surface area contributed by atoms with Gasteiger partial charge in [-0.1, -0.05) is 42.4 Å². The molecule has 3 heterocycles. The van der Waals surface area contributed by atoms with E-state index in [0.29, 0.717) is 18.5 Å². The third-order valence-corrected chi connectivity index (χ3v) is 4.92. The highest BCUT2D eigenvalue weighted by Crippen LogP contribution is 2.43. The SMILES string of the molecule is CC1CC1n1nnnc1N1CCn2c(nnc2-c2ccccc2)C1. The molecule has 24 heavy (non-hydrogen) atoms. The Morgan fingerprint density at radius 2 is 1.88 bits per heavy atom. The minimum atomic E-state index is 0.440. The largest absolute Gasteiger partial charge is 0.330 e. The number of nitrogens with zero attached hydrogens (tertiary/aromatic N) is 8. The minimum Gasteiger partial charge on any atom is -0.330 e. The topological polar surface area (TPSA) is 77.5 Å². The maximum Gasteiger partial charge on any atom is 0.246 e. The third kappa shape index (κ3) is 2.10. The van der Waals surface area contributed by atoms with Crippen molar-refractivity contribution in [2.45, 2.75) is 32.5 Å². The molecular weight excluding hydrogens is 304 g/mol. The molecule has 0 N–H and O–H groups in total. The normalized spacial score (nSPS) is 22.5. The molecule has 0 saturated heterocycles. The zero-order chi connectivity index (χ0) is 16.1. The van der Waals surface area contributed by atoms with Crippen molar-refractivity contribution < 1.29 is 0 Å². The molecule has 8 heteroatoms. The van der Waals surface area contributed by atoms with Crippen molar-refractivity contribution >= 4 is 5.95 Å². The van der Waals surface area contributed by atoms with Crippen molar-refractivity contribution in [2.75, 3.05) is 11.4 Å². The van der Waals surface area contributed by atoms with Crippen LogP contribution in [0.25, 0.3) is 11.4 Å². The van der Waals surface area contributed by atoms with Crippen LogP contribution in [0.1, 0.15) is 25.2 Å². The lowest BCUT2D eigenvalue weighted by Crippen LogP contribution is -2.36. The molecule has 0 bridgehead atoms. The molecule has 1 aliphatic carbocycles. The molecule has 1 aliphatic heterocycles. The van der Waals surface area contributed by atoms with Gasteiger partial charge in [0, 0.05) is 18.7 Å². The molecule has 2 atom stereocenters. The van der Waals surface area contributed by atoms with Crippen LogP contribution >= 0.6 is 0 Å². The summed E-state index contributed by atoms with van der Waals surface area (Å²) >= 11 is 0. The third-order valence-electron chi connectivity index (χ3n) is 4.92. The van der Waals surface area contributed by atoms with Crippen LogP contribution in [0.5, 0.6) is 0 Å². The Morgan fingerprint density at radius 3 is 2.67 bits per heavy atom. The van der Waals surface area contributed by atoms with Crippen LogP contribution in [0.3, 0.4) is 0 Å². The number of rotatable bonds is 3. The highest BCUT2D eigenvalue weighted by Gasteiger charge is 2.38. The van der Waals surface area contributed by atoms with E-state index in [9.17, 15) is 0 Å². The van der Waals surface area contributed by atoms with Crippen LogP contribution < -0.4 is 4.90 Å². The first-order valence-electron chi connectivity index (χ1n) is 8.31. The quantitative estimate of drug-likeness (QED) is 0.728. The maximum atomic E-state index is 4.39. The molecule has 5 rings (SSSR count). The molecule has 1 saturated carbocycles. The summed E-state index contributed by atoms with van der Waals surface area (Å²) in [6.07, 6.45) is 1.15. The maximum absolute atomic E-state index is 4.39. The van der Waals surface area contributed by atoms with Gasteiger partial charge in [-0.2, -0.15) is 0 Å². The number of aromatic nitrogens is 7. The first-order chi connectivity index (χ1) is 11.8. The number of hydrogen-bond donors (Lipinski definition) is 0. The van der Waals surface area contributed by atoms with E-state index in [1.54, 1.807) is 0 Å². The van der Waals surface area contributed by atoms with Crippen molar-refractivity contribution in [3.8, 4) is 11.4 Å². The molecule has 2 aromatic heterocycles. The number of fused-ring (bicyclic) bond motifs is 1. The smallest absolute Gasteiger partial charge is 0.246 e. The summed E-state index contributed by atoms with van der Waals surface area (Å²) in [5.41, 5.74) is 1.10. The predicted octanol–water partition coefficient (Wildman–Crippen LogP) is 1.53. The fourth-order valence-corrected chi connectivity index (χ4v) is 3.38. The van der Waals surface area contributed by atoms with Crippen LogP contribution in [0.2, 0.25) is 0 Å². The summed E-state index contributed by atoms with van der Waals surface area (Å²) in [6.45, 7) is 4.60. The van der Waals surface area contributed by atoms with Gasteiger partial charge in [0.05, 0.1) is 12.6 Å². The number of anilines is 1. The Balaban J connectivity index is 1.44. The van der Waals surface area contributed by atoms with E-state index in [-0.39, 0.29) is 0 Å². The number of hydrogen-bond acceptors (Lipinski definition) is 6. The standard InChI is InChI=1S/C16H18N8/c1-11-9-13(11)24-16(19-20-21-24)22-7-8-23-14(10-22)17-18-15(23)12-5-3-2-4-6-12/h2-6,11,13H,7-10H2,1H3. The summed E-state index contributed by atoms with van der Waals surface area (Å²) in [5.74, 6) is 3.39. The summed E-state index contributed by atoms with van der Waals surface area (Å²) in [4.78, 5) is 2.20. The van der Waals surface area contributed by atoms with Gasteiger partial charge in [0.2, 0.25) is 5.95 Å². The molecule has 1 aromatic carbocycles. The monoisotopic (exact) mass is 322 g/mol. The summed E-state index contributed by atoms with van der Waals surface area (Å²) in [5, 5.41) is 21.1. The zero-order valence-corrected chi connectivity index (χ0v) is 13.4. The van der Waals surface area contributed by atoms with Gasteiger partial charge < -0.3 is 9.47 Å². The zero-order valence-electron chi connectivity index (χ0n) is 13.4. The van der Waals surface area contributed by atoms with Crippen LogP contribution in [0.15, 0.2) is 30.3 Å². The van der Waals surface area contributed by atoms with Gasteiger partial charge in [0.25, 0.3) is 0 Å². The average molecular weight is 322 g/mol. The first kappa shape index (κ1) is 13.6. The summed E-state index contributed by atoms with van der Waals surface area (Å²) in [7, 11) is 0. The minimum absolute atomic E-state index is 0.440. The lowest BCUT2D eigenvalue weighted by Gasteiger charge is -2.28. The molecular formula is C16H18N8. The van der Waals surface area contributed by atoms with Gasteiger partial charge in [-0.25, -0.2) is 4.68 Å². The van der Waals surface area contributed by atoms with E-state index >= 15 is 0 Å². The molecule has 2 aliphatic rings. The van der Waals surface area contributed by atoms with Gasteiger partial charge in [-0.15, -0.1) is 10.2 Å². The summed E-state index contributed by atoms with van der Waals surface area (Å²) in [6, 6.07) is 10.6. The Kier molecular flexibility index (Phi) is 2.91. The van der Waals surface area contributed by atoms with Crippen LogP contribution in [0.4, 0.5) is 5.95 Å². The first-order valence-corrected chi connectivity index (χ1v) is 8.31. The molecule has 2 unspecified atom stereocenters. The summed E-state index contributed by atoms with van der Waals surface area (Å²) < 4.78 is 4.16. The molecule has 0 radical (unpaired) electrons. The second-order valence-electron chi connectivity index (χ2n) is 6.58. The van der Waals surface area contributed by atoms with E-state index in [4.69, 9.17) is 0 Å². The Labute approximate surface area is 139 Å². The van der Waals surface area contributed by atoms with Crippen LogP contribution in [-0.2, 0) is 13.1 Å². The predicted molar refractivity (Wildman–Crippen MR) is 87.1 cm³/mol. The number of benzene rings is 1. The Bertz CT molecular complexity index is 867. The molecule has 3 aromatic rings. The van der Waals surface area contributed by atoms with E-state index < -0.39 is 0 Å². The highest BCUT2D eigenvalue weighted by atomic mass is 15.6. The van der Waals surface area contributed by atoms with Crippen molar-refractivity contribution in [3.63, 3.8) is 0 Å². The van der Waals surface area contributed by atoms with Gasteiger partial charge in [-0.05, 0) is 22.8 Å². The molecule has 122 valence electrons. The average Bonchev–Trinajstić information content (AvgIpc) is 3.05.